The smallest absolute Gasteiger partial charge is 0.303 e. The minimum atomic E-state index is -0.698. The number of carboxylic acids is 1. The van der Waals surface area contributed by atoms with Crippen molar-refractivity contribution in [2.45, 2.75) is 93.3 Å². The molecule has 0 radical (unpaired) electrons. The standard InChI is InChI=1S/C9H18O2.C8H18O2/c1-7(2)5-9(3,4)6-8(10)11;1-7(2,3)9-10-8(4,5)6/h7H,5-6H2,1-4H3,(H,10,11);1-6H3. The number of aliphatic carboxylic acids is 1. The Morgan fingerprint density at radius 3 is 1.43 bits per heavy atom. The molecule has 0 saturated heterocycles. The van der Waals surface area contributed by atoms with Crippen LogP contribution >= 0.6 is 0 Å². The van der Waals surface area contributed by atoms with E-state index in [2.05, 4.69) is 13.8 Å². The molecule has 0 rings (SSSR count). The van der Waals surface area contributed by atoms with Crippen molar-refractivity contribution in [3.8, 4) is 0 Å². The summed E-state index contributed by atoms with van der Waals surface area (Å²) in [5.41, 5.74) is -0.486. The third-order valence-electron chi connectivity index (χ3n) is 2.13. The number of carboxylic acid groups (broad SMARTS) is 1. The van der Waals surface area contributed by atoms with E-state index in [4.69, 9.17) is 14.9 Å². The molecule has 0 fully saturated rings. The summed E-state index contributed by atoms with van der Waals surface area (Å²) in [5, 5.41) is 8.56. The molecule has 0 heterocycles. The first kappa shape index (κ1) is 22.7. The second kappa shape index (κ2) is 8.74. The van der Waals surface area contributed by atoms with Crippen molar-refractivity contribution in [1.29, 1.82) is 0 Å². The lowest BCUT2D eigenvalue weighted by molar-refractivity contribution is -0.393. The Hall–Kier alpha value is -0.610. The van der Waals surface area contributed by atoms with Gasteiger partial charge in [-0.05, 0) is 59.3 Å². The monoisotopic (exact) mass is 304 g/mol. The van der Waals surface area contributed by atoms with Gasteiger partial charge in [0.2, 0.25) is 0 Å². The first-order valence-electron chi connectivity index (χ1n) is 7.63. The molecule has 0 aromatic carbocycles. The molecule has 4 heteroatoms. The third kappa shape index (κ3) is 21.8. The van der Waals surface area contributed by atoms with Gasteiger partial charge in [0.25, 0.3) is 0 Å². The van der Waals surface area contributed by atoms with E-state index in [-0.39, 0.29) is 23.0 Å². The minimum Gasteiger partial charge on any atom is -0.481 e. The fraction of sp³-hybridized carbons (Fsp3) is 0.941. The van der Waals surface area contributed by atoms with Gasteiger partial charge >= 0.3 is 5.97 Å². The van der Waals surface area contributed by atoms with Gasteiger partial charge in [0.15, 0.2) is 0 Å². The summed E-state index contributed by atoms with van der Waals surface area (Å²) in [6.07, 6.45) is 1.24. The maximum absolute atomic E-state index is 10.4. The topological polar surface area (TPSA) is 55.8 Å². The number of hydrogen-bond acceptors (Lipinski definition) is 3. The van der Waals surface area contributed by atoms with E-state index in [9.17, 15) is 4.79 Å². The van der Waals surface area contributed by atoms with Gasteiger partial charge in [0.05, 0.1) is 17.6 Å². The molecule has 0 amide bonds. The molecule has 21 heavy (non-hydrogen) atoms. The van der Waals surface area contributed by atoms with E-state index in [0.29, 0.717) is 5.92 Å². The summed E-state index contributed by atoms with van der Waals surface area (Å²) < 4.78 is 0. The summed E-state index contributed by atoms with van der Waals surface area (Å²) >= 11 is 0. The molecule has 1 N–H and O–H groups in total. The first-order valence-corrected chi connectivity index (χ1v) is 7.63. The Bertz CT molecular complexity index is 279. The summed E-state index contributed by atoms with van der Waals surface area (Å²) in [6.45, 7) is 20.0. The highest BCUT2D eigenvalue weighted by Gasteiger charge is 2.22. The Labute approximate surface area is 131 Å². The SMILES string of the molecule is CC(C)(C)OOC(C)(C)C.CC(C)CC(C)(C)CC(=O)O. The van der Waals surface area contributed by atoms with Crippen molar-refractivity contribution < 1.29 is 19.7 Å². The molecule has 0 unspecified atom stereocenters. The maximum Gasteiger partial charge on any atom is 0.303 e. The van der Waals surface area contributed by atoms with Crippen LogP contribution in [-0.2, 0) is 14.6 Å². The van der Waals surface area contributed by atoms with Gasteiger partial charge in [-0.1, -0.05) is 27.7 Å². The minimum absolute atomic E-state index is 0.0556. The lowest BCUT2D eigenvalue weighted by Crippen LogP contribution is -2.27. The average molecular weight is 304 g/mol. The van der Waals surface area contributed by atoms with E-state index < -0.39 is 5.97 Å². The van der Waals surface area contributed by atoms with Crippen molar-refractivity contribution in [2.75, 3.05) is 0 Å². The largest absolute Gasteiger partial charge is 0.481 e. The van der Waals surface area contributed by atoms with E-state index >= 15 is 0 Å². The Morgan fingerprint density at radius 2 is 1.24 bits per heavy atom. The Kier molecular flexibility index (Phi) is 9.44. The zero-order valence-corrected chi connectivity index (χ0v) is 15.7. The number of rotatable bonds is 5. The summed E-state index contributed by atoms with van der Waals surface area (Å²) in [5.74, 6) is -0.125. The van der Waals surface area contributed by atoms with Gasteiger partial charge in [-0.25, -0.2) is 9.78 Å². The molecule has 0 bridgehead atoms. The lowest BCUT2D eigenvalue weighted by Gasteiger charge is -2.24. The van der Waals surface area contributed by atoms with Gasteiger partial charge in [-0.15, -0.1) is 0 Å². The third-order valence-corrected chi connectivity index (χ3v) is 2.13. The quantitative estimate of drug-likeness (QED) is 0.569. The van der Waals surface area contributed by atoms with Gasteiger partial charge in [-0.2, -0.15) is 0 Å². The summed E-state index contributed by atoms with van der Waals surface area (Å²) in [4.78, 5) is 20.6. The second-order valence-corrected chi connectivity index (χ2v) is 8.72. The highest BCUT2D eigenvalue weighted by Crippen LogP contribution is 2.28. The van der Waals surface area contributed by atoms with E-state index in [1.165, 1.54) is 0 Å². The zero-order chi connectivity index (χ0) is 17.5. The van der Waals surface area contributed by atoms with Crippen molar-refractivity contribution >= 4 is 5.97 Å². The molecule has 0 aliphatic heterocycles. The number of carbonyl (C=O) groups is 1. The molecule has 4 nitrogen and oxygen atoms in total. The predicted octanol–water partition coefficient (Wildman–Crippen LogP) is 5.07. The van der Waals surface area contributed by atoms with Crippen LogP contribution in [0.1, 0.15) is 82.1 Å². The van der Waals surface area contributed by atoms with Crippen molar-refractivity contribution in [3.05, 3.63) is 0 Å². The molecule has 0 aliphatic rings. The first-order chi connectivity index (χ1) is 9.04. The van der Waals surface area contributed by atoms with Crippen LogP contribution in [0.3, 0.4) is 0 Å². The van der Waals surface area contributed by atoms with Crippen LogP contribution in [-0.4, -0.2) is 22.3 Å². The van der Waals surface area contributed by atoms with Crippen LogP contribution in [0.4, 0.5) is 0 Å². The van der Waals surface area contributed by atoms with E-state index in [0.717, 1.165) is 6.42 Å². The van der Waals surface area contributed by atoms with Gasteiger partial charge < -0.3 is 5.11 Å². The van der Waals surface area contributed by atoms with Crippen LogP contribution in [0.2, 0.25) is 0 Å². The zero-order valence-electron chi connectivity index (χ0n) is 15.7. The Morgan fingerprint density at radius 1 is 0.905 bits per heavy atom. The van der Waals surface area contributed by atoms with Crippen LogP contribution in [0.25, 0.3) is 0 Å². The molecule has 0 aromatic rings. The summed E-state index contributed by atoms with van der Waals surface area (Å²) in [6, 6.07) is 0. The van der Waals surface area contributed by atoms with Crippen LogP contribution in [0.15, 0.2) is 0 Å². The molecule has 0 saturated carbocycles. The van der Waals surface area contributed by atoms with E-state index in [1.54, 1.807) is 0 Å². The molecular formula is C17H36O4. The van der Waals surface area contributed by atoms with Crippen molar-refractivity contribution in [2.24, 2.45) is 11.3 Å². The van der Waals surface area contributed by atoms with Crippen molar-refractivity contribution in [1.82, 2.24) is 0 Å². The van der Waals surface area contributed by atoms with Crippen molar-refractivity contribution in [3.63, 3.8) is 0 Å². The van der Waals surface area contributed by atoms with Crippen LogP contribution in [0.5, 0.6) is 0 Å². The van der Waals surface area contributed by atoms with Gasteiger partial charge in [0, 0.05) is 0 Å². The second-order valence-electron chi connectivity index (χ2n) is 8.72. The Balaban J connectivity index is 0. The number of hydrogen-bond donors (Lipinski definition) is 1. The molecule has 0 spiro atoms. The molecule has 0 aliphatic carbocycles. The predicted molar refractivity (Wildman–Crippen MR) is 87.2 cm³/mol. The van der Waals surface area contributed by atoms with Crippen LogP contribution < -0.4 is 0 Å². The van der Waals surface area contributed by atoms with Gasteiger partial charge in [-0.3, -0.25) is 4.79 Å². The fourth-order valence-corrected chi connectivity index (χ4v) is 1.84. The molecule has 0 aromatic heterocycles. The summed E-state index contributed by atoms with van der Waals surface area (Å²) in [7, 11) is 0. The highest BCUT2D eigenvalue weighted by molar-refractivity contribution is 5.67. The maximum atomic E-state index is 10.4. The van der Waals surface area contributed by atoms with E-state index in [1.807, 2.05) is 55.4 Å². The molecule has 128 valence electrons. The lowest BCUT2D eigenvalue weighted by atomic mass is 9.81. The van der Waals surface area contributed by atoms with Gasteiger partial charge in [0.1, 0.15) is 0 Å². The molecular weight excluding hydrogens is 268 g/mol. The normalized spacial score (nSPS) is 12.9. The van der Waals surface area contributed by atoms with Crippen LogP contribution in [0, 0.1) is 11.3 Å². The highest BCUT2D eigenvalue weighted by atomic mass is 17.2. The molecule has 0 atom stereocenters. The fourth-order valence-electron chi connectivity index (χ4n) is 1.84. The average Bonchev–Trinajstić information content (AvgIpc) is 2.08.